The maximum Gasteiger partial charge on any atom is 0.159 e. The van der Waals surface area contributed by atoms with Gasteiger partial charge >= 0.3 is 0 Å². The van der Waals surface area contributed by atoms with Crippen molar-refractivity contribution in [2.24, 2.45) is 0 Å². The smallest absolute Gasteiger partial charge is 0.159 e. The Hall–Kier alpha value is -1.93. The Morgan fingerprint density at radius 1 is 1.14 bits per heavy atom. The van der Waals surface area contributed by atoms with Gasteiger partial charge in [0.05, 0.1) is 0 Å². The lowest BCUT2D eigenvalue weighted by atomic mass is 10.00. The van der Waals surface area contributed by atoms with Gasteiger partial charge in [0, 0.05) is 11.3 Å². The van der Waals surface area contributed by atoms with Crippen LogP contribution in [0.5, 0.6) is 0 Å². The van der Waals surface area contributed by atoms with E-state index in [0.29, 0.717) is 12.8 Å². The zero-order valence-corrected chi connectivity index (χ0v) is 13.8. The first-order valence-electron chi connectivity index (χ1n) is 7.78. The van der Waals surface area contributed by atoms with Gasteiger partial charge in [0.15, 0.2) is 5.78 Å². The normalized spacial score (nSPS) is 12.0. The minimum absolute atomic E-state index is 0.265. The fraction of sp³-hybridized carbons (Fsp3) is 0.250. The highest BCUT2D eigenvalue weighted by Gasteiger charge is 2.07. The molecule has 0 aliphatic rings. The molecule has 1 aromatic carbocycles. The molecule has 0 amide bonds. The summed E-state index contributed by atoms with van der Waals surface area (Å²) in [4.78, 5) is 13.6. The van der Waals surface area contributed by atoms with Crippen molar-refractivity contribution in [3.05, 3.63) is 69.9 Å². The molecule has 2 rings (SSSR count). The van der Waals surface area contributed by atoms with Crippen molar-refractivity contribution >= 4 is 29.3 Å². The first-order chi connectivity index (χ1) is 10.8. The molecule has 1 heterocycles. The molecule has 0 atom stereocenters. The largest absolute Gasteiger partial charge is 0.295 e. The summed E-state index contributed by atoms with van der Waals surface area (Å²) < 4.78 is 0. The van der Waals surface area contributed by atoms with Crippen LogP contribution >= 0.6 is 11.3 Å². The van der Waals surface area contributed by atoms with Gasteiger partial charge in [-0.2, -0.15) is 0 Å². The number of unbranched alkanes of at least 4 members (excludes halogenated alkanes) is 1. The highest BCUT2D eigenvalue weighted by molar-refractivity contribution is 7.10. The van der Waals surface area contributed by atoms with E-state index >= 15 is 0 Å². The van der Waals surface area contributed by atoms with Crippen LogP contribution in [0.3, 0.4) is 0 Å². The summed E-state index contributed by atoms with van der Waals surface area (Å²) in [5.41, 5.74) is 1.99. The Bertz CT molecular complexity index is 621. The Morgan fingerprint density at radius 3 is 2.64 bits per heavy atom. The number of thiophene rings is 1. The van der Waals surface area contributed by atoms with E-state index in [1.807, 2.05) is 42.5 Å². The van der Waals surface area contributed by atoms with E-state index in [0.717, 1.165) is 24.0 Å². The number of hydrogen-bond donors (Lipinski definition) is 0. The number of allylic oxidation sites excluding steroid dienone is 2. The Morgan fingerprint density at radius 2 is 1.95 bits per heavy atom. The first kappa shape index (κ1) is 16.4. The van der Waals surface area contributed by atoms with Crippen molar-refractivity contribution in [3.8, 4) is 0 Å². The molecule has 0 unspecified atom stereocenters. The molecule has 0 aliphatic heterocycles. The van der Waals surface area contributed by atoms with Gasteiger partial charge in [-0.25, -0.2) is 0 Å². The van der Waals surface area contributed by atoms with Gasteiger partial charge in [0.1, 0.15) is 0 Å². The van der Waals surface area contributed by atoms with E-state index in [4.69, 9.17) is 0 Å². The minimum Gasteiger partial charge on any atom is -0.295 e. The molecule has 0 N–H and O–H groups in total. The quantitative estimate of drug-likeness (QED) is 0.547. The van der Waals surface area contributed by atoms with Crippen LogP contribution in [0.1, 0.15) is 43.0 Å². The summed E-state index contributed by atoms with van der Waals surface area (Å²) in [6.07, 6.45) is 9.55. The van der Waals surface area contributed by atoms with Crippen molar-refractivity contribution in [1.82, 2.24) is 0 Å². The van der Waals surface area contributed by atoms with E-state index in [1.165, 1.54) is 4.88 Å². The number of carbonyl (C=O) groups is 1. The molecular formula is C20H22OS. The number of hydrogen-bond acceptors (Lipinski definition) is 2. The third-order valence-electron chi connectivity index (χ3n) is 3.42. The van der Waals surface area contributed by atoms with Gasteiger partial charge in [-0.1, -0.05) is 55.8 Å². The zero-order valence-electron chi connectivity index (χ0n) is 13.0. The lowest BCUT2D eigenvalue weighted by Gasteiger charge is -2.04. The van der Waals surface area contributed by atoms with Gasteiger partial charge in [-0.05, 0) is 47.6 Å². The van der Waals surface area contributed by atoms with Crippen molar-refractivity contribution < 1.29 is 4.79 Å². The number of ketones is 1. The van der Waals surface area contributed by atoms with Crippen LogP contribution in [0.4, 0.5) is 0 Å². The highest BCUT2D eigenvalue weighted by atomic mass is 32.1. The number of benzene rings is 1. The van der Waals surface area contributed by atoms with E-state index < -0.39 is 0 Å². The molecule has 114 valence electrons. The van der Waals surface area contributed by atoms with Crippen LogP contribution < -0.4 is 0 Å². The molecule has 2 heteroatoms. The van der Waals surface area contributed by atoms with Gasteiger partial charge in [0.2, 0.25) is 0 Å². The molecule has 2 aromatic rings. The summed E-state index contributed by atoms with van der Waals surface area (Å²) in [6.45, 7) is 2.12. The van der Waals surface area contributed by atoms with Crippen LogP contribution in [-0.2, 0) is 4.79 Å². The third kappa shape index (κ3) is 5.45. The van der Waals surface area contributed by atoms with E-state index in [2.05, 4.69) is 30.5 Å². The second kappa shape index (κ2) is 9.16. The average Bonchev–Trinajstić information content (AvgIpc) is 3.06. The SMILES string of the molecule is CCCCC(=O)/C(=C\c1ccccc1)C/C=C/c1cccs1. The topological polar surface area (TPSA) is 17.1 Å². The Labute approximate surface area is 137 Å². The molecule has 0 fully saturated rings. The molecule has 0 aliphatic carbocycles. The molecule has 0 bridgehead atoms. The fourth-order valence-corrected chi connectivity index (χ4v) is 2.84. The predicted octanol–water partition coefficient (Wildman–Crippen LogP) is 5.99. The second-order valence-electron chi connectivity index (χ2n) is 5.23. The molecule has 0 radical (unpaired) electrons. The van der Waals surface area contributed by atoms with E-state index in [9.17, 15) is 4.79 Å². The Balaban J connectivity index is 2.10. The monoisotopic (exact) mass is 310 g/mol. The molecule has 1 nitrogen and oxygen atoms in total. The van der Waals surface area contributed by atoms with Crippen molar-refractivity contribution in [1.29, 1.82) is 0 Å². The summed E-state index contributed by atoms with van der Waals surface area (Å²) >= 11 is 1.71. The predicted molar refractivity (Wildman–Crippen MR) is 96.9 cm³/mol. The standard InChI is InChI=1S/C20H22OS/c1-2-3-14-20(21)18(16-17-9-5-4-6-10-17)11-7-12-19-13-8-15-22-19/h4-10,12-13,15-16H,2-3,11,14H2,1H3/b12-7+,18-16-. The first-order valence-corrected chi connectivity index (χ1v) is 8.66. The number of carbonyl (C=O) groups excluding carboxylic acids is 1. The lowest BCUT2D eigenvalue weighted by Crippen LogP contribution is -2.01. The molecule has 1 aromatic heterocycles. The van der Waals surface area contributed by atoms with Gasteiger partial charge in [0.25, 0.3) is 0 Å². The maximum absolute atomic E-state index is 12.4. The molecule has 22 heavy (non-hydrogen) atoms. The molecule has 0 saturated heterocycles. The fourth-order valence-electron chi connectivity index (χ4n) is 2.19. The van der Waals surface area contributed by atoms with E-state index in [-0.39, 0.29) is 5.78 Å². The van der Waals surface area contributed by atoms with Crippen molar-refractivity contribution in [2.75, 3.05) is 0 Å². The lowest BCUT2D eigenvalue weighted by molar-refractivity contribution is -0.115. The Kier molecular flexibility index (Phi) is 6.85. The third-order valence-corrected chi connectivity index (χ3v) is 4.26. The average molecular weight is 310 g/mol. The molecule has 0 saturated carbocycles. The van der Waals surface area contributed by atoms with Crippen LogP contribution in [0.2, 0.25) is 0 Å². The minimum atomic E-state index is 0.265. The van der Waals surface area contributed by atoms with Crippen LogP contribution in [-0.4, -0.2) is 5.78 Å². The van der Waals surface area contributed by atoms with Crippen molar-refractivity contribution in [2.45, 2.75) is 32.6 Å². The maximum atomic E-state index is 12.4. The molecular weight excluding hydrogens is 288 g/mol. The highest BCUT2D eigenvalue weighted by Crippen LogP contribution is 2.17. The second-order valence-corrected chi connectivity index (χ2v) is 6.21. The number of Topliss-reactive ketones (excluding diaryl/α,β-unsaturated/α-hetero) is 1. The van der Waals surface area contributed by atoms with Gasteiger partial charge in [-0.3, -0.25) is 4.79 Å². The van der Waals surface area contributed by atoms with Crippen LogP contribution in [0.25, 0.3) is 12.2 Å². The van der Waals surface area contributed by atoms with Crippen LogP contribution in [0, 0.1) is 0 Å². The van der Waals surface area contributed by atoms with Gasteiger partial charge < -0.3 is 0 Å². The molecule has 0 spiro atoms. The van der Waals surface area contributed by atoms with Crippen molar-refractivity contribution in [3.63, 3.8) is 0 Å². The summed E-state index contributed by atoms with van der Waals surface area (Å²) in [6, 6.07) is 14.2. The summed E-state index contributed by atoms with van der Waals surface area (Å²) in [5.74, 6) is 0.265. The zero-order chi connectivity index (χ0) is 15.6. The van der Waals surface area contributed by atoms with Gasteiger partial charge in [-0.15, -0.1) is 11.3 Å². The van der Waals surface area contributed by atoms with E-state index in [1.54, 1.807) is 11.3 Å². The summed E-state index contributed by atoms with van der Waals surface area (Å²) in [7, 11) is 0. The summed E-state index contributed by atoms with van der Waals surface area (Å²) in [5, 5.41) is 2.06. The number of rotatable bonds is 8. The van der Waals surface area contributed by atoms with Crippen LogP contribution in [0.15, 0.2) is 59.5 Å².